The van der Waals surface area contributed by atoms with Crippen LogP contribution in [0.3, 0.4) is 0 Å². The van der Waals surface area contributed by atoms with Crippen molar-refractivity contribution < 1.29 is 0 Å². The van der Waals surface area contributed by atoms with Gasteiger partial charge in [-0.25, -0.2) is 4.98 Å². The summed E-state index contributed by atoms with van der Waals surface area (Å²) in [6.07, 6.45) is 10.3. The Morgan fingerprint density at radius 2 is 1.81 bits per heavy atom. The van der Waals surface area contributed by atoms with Crippen molar-refractivity contribution in [1.82, 2.24) is 19.8 Å². The van der Waals surface area contributed by atoms with Gasteiger partial charge in [0.05, 0.1) is 5.70 Å². The molecule has 37 heavy (non-hydrogen) atoms. The van der Waals surface area contributed by atoms with Crippen LogP contribution in [-0.4, -0.2) is 65.1 Å². The van der Waals surface area contributed by atoms with E-state index in [0.29, 0.717) is 12.0 Å². The molecule has 0 radical (unpaired) electrons. The number of anilines is 3. The third-order valence-electron chi connectivity index (χ3n) is 8.93. The van der Waals surface area contributed by atoms with Crippen molar-refractivity contribution in [2.24, 2.45) is 0 Å². The van der Waals surface area contributed by atoms with Gasteiger partial charge >= 0.3 is 0 Å². The summed E-state index contributed by atoms with van der Waals surface area (Å²) in [5.41, 5.74) is 8.72. The monoisotopic (exact) mass is 496 g/mol. The lowest BCUT2D eigenvalue weighted by molar-refractivity contribution is 0.0436. The lowest BCUT2D eigenvalue weighted by Crippen LogP contribution is -2.59. The number of aromatic nitrogens is 2. The molecule has 1 N–H and O–H groups in total. The molecule has 6 nitrogen and oxygen atoms in total. The SMILES string of the molecule is C=C(C#CC)N1CC(N2CCC(c3cc4c(c(C)n3)CCc3c(N5CCCCC5)ccnc3N4)CC2)C1. The maximum atomic E-state index is 5.16. The normalized spacial score (nSPS) is 20.6. The highest BCUT2D eigenvalue weighted by atomic mass is 15.3. The Morgan fingerprint density at radius 3 is 2.57 bits per heavy atom. The molecule has 0 unspecified atom stereocenters. The second-order valence-electron chi connectivity index (χ2n) is 11.2. The molecule has 2 aromatic rings. The Balaban J connectivity index is 1.14. The molecule has 6 heterocycles. The second kappa shape index (κ2) is 10.4. The Kier molecular flexibility index (Phi) is 6.82. The zero-order chi connectivity index (χ0) is 25.4. The number of rotatable bonds is 4. The van der Waals surface area contributed by atoms with Crippen molar-refractivity contribution in [3.8, 4) is 11.8 Å². The highest BCUT2D eigenvalue weighted by molar-refractivity contribution is 5.72. The Labute approximate surface area is 222 Å². The van der Waals surface area contributed by atoms with Crippen LogP contribution in [0.25, 0.3) is 0 Å². The number of nitrogens with one attached hydrogen (secondary N) is 1. The molecule has 0 spiro atoms. The quantitative estimate of drug-likeness (QED) is 0.600. The molecule has 0 aliphatic carbocycles. The van der Waals surface area contributed by atoms with Gasteiger partial charge < -0.3 is 15.1 Å². The average Bonchev–Trinajstić information content (AvgIpc) is 3.08. The lowest BCUT2D eigenvalue weighted by atomic mass is 9.90. The van der Waals surface area contributed by atoms with Gasteiger partial charge in [-0.15, -0.1) is 0 Å². The van der Waals surface area contributed by atoms with Gasteiger partial charge in [-0.05, 0) is 89.6 Å². The predicted molar refractivity (Wildman–Crippen MR) is 151 cm³/mol. The van der Waals surface area contributed by atoms with E-state index in [1.54, 1.807) is 0 Å². The minimum absolute atomic E-state index is 0.523. The van der Waals surface area contributed by atoms with Gasteiger partial charge in [-0.3, -0.25) is 9.88 Å². The standard InChI is InChI=1S/C31H40N6/c1-4-8-22(2)37-20-25(21-37)35-17-12-24(13-18-35)28-19-29-26(23(3)33-28)9-10-27-30(11-14-32-31(27)34-29)36-15-6-5-7-16-36/h11,14,19,24-25H,2,5-7,9-10,12-13,15-18,20-21H2,1,3H3,(H,32,34). The summed E-state index contributed by atoms with van der Waals surface area (Å²) in [7, 11) is 0. The van der Waals surface area contributed by atoms with Gasteiger partial charge in [0.25, 0.3) is 0 Å². The van der Waals surface area contributed by atoms with Gasteiger partial charge in [0.1, 0.15) is 5.82 Å². The third-order valence-corrected chi connectivity index (χ3v) is 8.93. The van der Waals surface area contributed by atoms with E-state index >= 15 is 0 Å². The molecule has 194 valence electrons. The van der Waals surface area contributed by atoms with Crippen LogP contribution in [0.4, 0.5) is 17.2 Å². The predicted octanol–water partition coefficient (Wildman–Crippen LogP) is 5.02. The molecule has 0 amide bonds. The maximum Gasteiger partial charge on any atom is 0.135 e. The van der Waals surface area contributed by atoms with Crippen LogP contribution in [0, 0.1) is 18.8 Å². The fourth-order valence-electron chi connectivity index (χ4n) is 6.69. The van der Waals surface area contributed by atoms with Crippen LogP contribution in [0.2, 0.25) is 0 Å². The van der Waals surface area contributed by atoms with Gasteiger partial charge in [0, 0.05) is 72.7 Å². The van der Waals surface area contributed by atoms with Gasteiger partial charge in [0.15, 0.2) is 0 Å². The van der Waals surface area contributed by atoms with E-state index in [0.717, 1.165) is 63.6 Å². The minimum atomic E-state index is 0.523. The lowest BCUT2D eigenvalue weighted by Gasteiger charge is -2.48. The smallest absolute Gasteiger partial charge is 0.135 e. The number of pyridine rings is 2. The molecule has 0 atom stereocenters. The molecule has 4 aliphatic heterocycles. The number of likely N-dealkylation sites (tertiary alicyclic amines) is 2. The summed E-state index contributed by atoms with van der Waals surface area (Å²) in [4.78, 5) is 17.5. The van der Waals surface area contributed by atoms with Crippen molar-refractivity contribution >= 4 is 17.2 Å². The topological polar surface area (TPSA) is 47.5 Å². The summed E-state index contributed by atoms with van der Waals surface area (Å²) >= 11 is 0. The molecule has 0 bridgehead atoms. The molecule has 3 fully saturated rings. The zero-order valence-corrected chi connectivity index (χ0v) is 22.5. The molecule has 6 rings (SSSR count). The van der Waals surface area contributed by atoms with Crippen LogP contribution in [-0.2, 0) is 12.8 Å². The van der Waals surface area contributed by atoms with E-state index in [2.05, 4.69) is 57.5 Å². The Hall–Kier alpha value is -3.04. The van der Waals surface area contributed by atoms with Crippen molar-refractivity contribution in [3.63, 3.8) is 0 Å². The number of hydrogen-bond donors (Lipinski definition) is 1. The molecule has 0 aromatic carbocycles. The summed E-state index contributed by atoms with van der Waals surface area (Å²) < 4.78 is 0. The van der Waals surface area contributed by atoms with Gasteiger partial charge in [-0.2, -0.15) is 0 Å². The largest absolute Gasteiger partial charge is 0.371 e. The molecule has 4 aliphatic rings. The van der Waals surface area contributed by atoms with Crippen LogP contribution >= 0.6 is 0 Å². The summed E-state index contributed by atoms with van der Waals surface area (Å²) in [6.45, 7) is 14.9. The molecular formula is C31H40N6. The van der Waals surface area contributed by atoms with Gasteiger partial charge in [-0.1, -0.05) is 18.4 Å². The molecule has 2 aromatic heterocycles. The molecule has 6 heteroatoms. The number of aryl methyl sites for hydroxylation is 1. The summed E-state index contributed by atoms with van der Waals surface area (Å²) in [5.74, 6) is 7.63. The first-order valence-corrected chi connectivity index (χ1v) is 14.2. The van der Waals surface area contributed by atoms with Crippen molar-refractivity contribution in [1.29, 1.82) is 0 Å². The van der Waals surface area contributed by atoms with Crippen molar-refractivity contribution in [3.05, 3.63) is 53.1 Å². The minimum Gasteiger partial charge on any atom is -0.371 e. The highest BCUT2D eigenvalue weighted by Gasteiger charge is 2.35. The number of allylic oxidation sites excluding steroid dienone is 1. The van der Waals surface area contributed by atoms with E-state index in [9.17, 15) is 0 Å². The van der Waals surface area contributed by atoms with Crippen LogP contribution < -0.4 is 10.2 Å². The number of fused-ring (bicyclic) bond motifs is 2. The first-order chi connectivity index (χ1) is 18.1. The second-order valence-corrected chi connectivity index (χ2v) is 11.2. The fraction of sp³-hybridized carbons (Fsp3) is 0.548. The fourth-order valence-corrected chi connectivity index (χ4v) is 6.69. The first-order valence-electron chi connectivity index (χ1n) is 14.2. The number of piperidine rings is 2. The maximum absolute atomic E-state index is 5.16. The van der Waals surface area contributed by atoms with Crippen LogP contribution in [0.1, 0.15) is 67.5 Å². The first kappa shape index (κ1) is 24.3. The summed E-state index contributed by atoms with van der Waals surface area (Å²) in [5, 5.41) is 3.76. The van der Waals surface area contributed by atoms with Crippen LogP contribution in [0.5, 0.6) is 0 Å². The van der Waals surface area contributed by atoms with Gasteiger partial charge in [0.2, 0.25) is 0 Å². The third kappa shape index (κ3) is 4.82. The van der Waals surface area contributed by atoms with E-state index in [1.165, 1.54) is 66.0 Å². The highest BCUT2D eigenvalue weighted by Crippen LogP contribution is 2.38. The molecule has 0 saturated carbocycles. The Morgan fingerprint density at radius 1 is 1.05 bits per heavy atom. The molecular weight excluding hydrogens is 456 g/mol. The van der Waals surface area contributed by atoms with Crippen molar-refractivity contribution in [2.45, 2.75) is 70.8 Å². The van der Waals surface area contributed by atoms with E-state index in [-0.39, 0.29) is 0 Å². The van der Waals surface area contributed by atoms with E-state index < -0.39 is 0 Å². The summed E-state index contributed by atoms with van der Waals surface area (Å²) in [6, 6.07) is 5.20. The van der Waals surface area contributed by atoms with Crippen molar-refractivity contribution in [2.75, 3.05) is 49.5 Å². The molecule has 3 saturated heterocycles. The number of hydrogen-bond acceptors (Lipinski definition) is 6. The van der Waals surface area contributed by atoms with Crippen LogP contribution in [0.15, 0.2) is 30.6 Å². The average molecular weight is 497 g/mol. The zero-order valence-electron chi connectivity index (χ0n) is 22.5. The van der Waals surface area contributed by atoms with E-state index in [4.69, 9.17) is 9.97 Å². The number of nitrogens with zero attached hydrogens (tertiary/aromatic N) is 5. The van der Waals surface area contributed by atoms with E-state index in [1.807, 2.05) is 13.1 Å². The Bertz CT molecular complexity index is 1220.